The smallest absolute Gasteiger partial charge is 0.267 e. The van der Waals surface area contributed by atoms with Crippen molar-refractivity contribution in [2.24, 2.45) is 5.73 Å². The van der Waals surface area contributed by atoms with E-state index in [1.807, 2.05) is 6.07 Å². The van der Waals surface area contributed by atoms with E-state index in [0.29, 0.717) is 11.6 Å². The van der Waals surface area contributed by atoms with Crippen molar-refractivity contribution in [3.8, 4) is 0 Å². The summed E-state index contributed by atoms with van der Waals surface area (Å²) in [4.78, 5) is 15.0. The molecule has 78 valence electrons. The van der Waals surface area contributed by atoms with Crippen molar-refractivity contribution in [2.45, 2.75) is 19.8 Å². The average molecular weight is 204 g/mol. The Labute approximate surface area is 86.7 Å². The second-order valence-electron chi connectivity index (χ2n) is 3.72. The zero-order valence-electron chi connectivity index (χ0n) is 8.61. The summed E-state index contributed by atoms with van der Waals surface area (Å²) >= 11 is 0. The minimum atomic E-state index is -0.530. The summed E-state index contributed by atoms with van der Waals surface area (Å²) in [6.07, 6.45) is 0. The van der Waals surface area contributed by atoms with Crippen LogP contribution >= 0.6 is 0 Å². The first-order valence-corrected chi connectivity index (χ1v) is 4.74. The molecule has 2 rings (SSSR count). The van der Waals surface area contributed by atoms with Gasteiger partial charge in [0.15, 0.2) is 5.65 Å². The first kappa shape index (κ1) is 9.64. The number of primary amides is 1. The third kappa shape index (κ3) is 1.56. The Kier molecular flexibility index (Phi) is 2.15. The van der Waals surface area contributed by atoms with Crippen LogP contribution in [0.1, 0.15) is 35.9 Å². The number of nitrogens with two attached hydrogens (primary N) is 1. The molecule has 0 atom stereocenters. The summed E-state index contributed by atoms with van der Waals surface area (Å²) in [5.41, 5.74) is 6.95. The highest BCUT2D eigenvalue weighted by atomic mass is 16.1. The van der Waals surface area contributed by atoms with Crippen LogP contribution in [0.15, 0.2) is 12.1 Å². The molecule has 3 N–H and O–H groups in total. The van der Waals surface area contributed by atoms with E-state index >= 15 is 0 Å². The number of aromatic nitrogens is 3. The van der Waals surface area contributed by atoms with Crippen LogP contribution in [0.2, 0.25) is 0 Å². The second kappa shape index (κ2) is 3.34. The van der Waals surface area contributed by atoms with Crippen LogP contribution in [0.5, 0.6) is 0 Å². The van der Waals surface area contributed by atoms with E-state index in [2.05, 4.69) is 29.0 Å². The Hall–Kier alpha value is -1.91. The van der Waals surface area contributed by atoms with Gasteiger partial charge in [-0.3, -0.25) is 9.89 Å². The highest BCUT2D eigenvalue weighted by Crippen LogP contribution is 2.21. The Morgan fingerprint density at radius 2 is 2.20 bits per heavy atom. The zero-order chi connectivity index (χ0) is 11.0. The average Bonchev–Trinajstić information content (AvgIpc) is 2.59. The molecule has 0 spiro atoms. The molecular formula is C10H12N4O. The molecule has 0 bridgehead atoms. The predicted molar refractivity (Wildman–Crippen MR) is 56.5 cm³/mol. The Balaban J connectivity index is 2.61. The minimum Gasteiger partial charge on any atom is -0.364 e. The number of carbonyl (C=O) groups is 1. The number of rotatable bonds is 2. The molecule has 2 heterocycles. The van der Waals surface area contributed by atoms with Crippen molar-refractivity contribution in [3.05, 3.63) is 23.5 Å². The fraction of sp³-hybridized carbons (Fsp3) is 0.300. The van der Waals surface area contributed by atoms with Crippen molar-refractivity contribution in [1.29, 1.82) is 0 Å². The minimum absolute atomic E-state index is 0.251. The lowest BCUT2D eigenvalue weighted by Gasteiger charge is -1.99. The number of hydrogen-bond donors (Lipinski definition) is 2. The number of nitrogens with one attached hydrogen (secondary N) is 1. The molecule has 0 fully saturated rings. The number of hydrogen-bond acceptors (Lipinski definition) is 3. The van der Waals surface area contributed by atoms with Crippen LogP contribution in [0.25, 0.3) is 11.0 Å². The zero-order valence-corrected chi connectivity index (χ0v) is 8.61. The molecule has 5 nitrogen and oxygen atoms in total. The topological polar surface area (TPSA) is 84.7 Å². The highest BCUT2D eigenvalue weighted by molar-refractivity contribution is 5.93. The molecule has 0 unspecified atom stereocenters. The highest BCUT2D eigenvalue weighted by Gasteiger charge is 2.11. The number of nitrogens with zero attached hydrogens (tertiary/aromatic N) is 2. The van der Waals surface area contributed by atoms with E-state index in [1.165, 1.54) is 0 Å². The van der Waals surface area contributed by atoms with Gasteiger partial charge in [-0.25, -0.2) is 4.98 Å². The van der Waals surface area contributed by atoms with Gasteiger partial charge in [-0.1, -0.05) is 13.8 Å². The molecule has 0 aliphatic rings. The van der Waals surface area contributed by atoms with E-state index in [1.54, 1.807) is 6.07 Å². The van der Waals surface area contributed by atoms with Crippen LogP contribution in [0.4, 0.5) is 0 Å². The first-order chi connectivity index (χ1) is 7.09. The number of carbonyl (C=O) groups excluding carboxylic acids is 1. The standard InChI is InChI=1S/C10H12N4O/c1-5(2)8-6-3-4-7(9(11)15)12-10(6)14-13-8/h3-5H,1-2H3,(H2,11,15)(H,12,13,14). The Bertz CT molecular complexity index is 515. The Morgan fingerprint density at radius 3 is 2.80 bits per heavy atom. The third-order valence-electron chi connectivity index (χ3n) is 2.25. The summed E-state index contributed by atoms with van der Waals surface area (Å²) < 4.78 is 0. The van der Waals surface area contributed by atoms with Crippen LogP contribution in [0, 0.1) is 0 Å². The van der Waals surface area contributed by atoms with Crippen molar-refractivity contribution >= 4 is 16.9 Å². The molecular weight excluding hydrogens is 192 g/mol. The molecule has 0 aliphatic carbocycles. The van der Waals surface area contributed by atoms with Gasteiger partial charge in [-0.05, 0) is 18.1 Å². The molecule has 1 amide bonds. The van der Waals surface area contributed by atoms with Crippen molar-refractivity contribution in [3.63, 3.8) is 0 Å². The second-order valence-corrected chi connectivity index (χ2v) is 3.72. The predicted octanol–water partition coefficient (Wildman–Crippen LogP) is 1.18. The van der Waals surface area contributed by atoms with Crippen LogP contribution in [-0.4, -0.2) is 21.1 Å². The number of fused-ring (bicyclic) bond motifs is 1. The molecule has 5 heteroatoms. The third-order valence-corrected chi connectivity index (χ3v) is 2.25. The number of amides is 1. The van der Waals surface area contributed by atoms with Gasteiger partial charge in [0.2, 0.25) is 0 Å². The largest absolute Gasteiger partial charge is 0.364 e. The first-order valence-electron chi connectivity index (χ1n) is 4.74. The lowest BCUT2D eigenvalue weighted by molar-refractivity contribution is 0.0996. The summed E-state index contributed by atoms with van der Waals surface area (Å²) in [6.45, 7) is 4.11. The summed E-state index contributed by atoms with van der Waals surface area (Å²) in [5, 5.41) is 7.89. The van der Waals surface area contributed by atoms with Gasteiger partial charge in [0.05, 0.1) is 5.69 Å². The molecule has 15 heavy (non-hydrogen) atoms. The normalized spacial score (nSPS) is 11.1. The monoisotopic (exact) mass is 204 g/mol. The lowest BCUT2D eigenvalue weighted by Crippen LogP contribution is -2.12. The molecule has 0 saturated carbocycles. The van der Waals surface area contributed by atoms with E-state index in [0.717, 1.165) is 11.1 Å². The fourth-order valence-electron chi connectivity index (χ4n) is 1.50. The molecule has 0 aromatic carbocycles. The maximum absolute atomic E-state index is 10.9. The van der Waals surface area contributed by atoms with Gasteiger partial charge in [0.25, 0.3) is 5.91 Å². The number of aromatic amines is 1. The number of H-pyrrole nitrogens is 1. The SMILES string of the molecule is CC(C)c1n[nH]c2nc(C(N)=O)ccc12. The molecule has 2 aromatic heterocycles. The van der Waals surface area contributed by atoms with Gasteiger partial charge >= 0.3 is 0 Å². The summed E-state index contributed by atoms with van der Waals surface area (Å²) in [7, 11) is 0. The van der Waals surface area contributed by atoms with Crippen LogP contribution < -0.4 is 5.73 Å². The lowest BCUT2D eigenvalue weighted by atomic mass is 10.1. The maximum atomic E-state index is 10.9. The van der Waals surface area contributed by atoms with E-state index in [9.17, 15) is 4.79 Å². The summed E-state index contributed by atoms with van der Waals surface area (Å²) in [5.74, 6) is -0.211. The van der Waals surface area contributed by atoms with Gasteiger partial charge < -0.3 is 5.73 Å². The quantitative estimate of drug-likeness (QED) is 0.770. The fourth-order valence-corrected chi connectivity index (χ4v) is 1.50. The van der Waals surface area contributed by atoms with Crippen molar-refractivity contribution in [2.75, 3.05) is 0 Å². The van der Waals surface area contributed by atoms with E-state index < -0.39 is 5.91 Å². The Morgan fingerprint density at radius 1 is 1.47 bits per heavy atom. The van der Waals surface area contributed by atoms with Gasteiger partial charge in [-0.2, -0.15) is 5.10 Å². The van der Waals surface area contributed by atoms with Gasteiger partial charge in [-0.15, -0.1) is 0 Å². The molecule has 2 aromatic rings. The van der Waals surface area contributed by atoms with Crippen LogP contribution in [0.3, 0.4) is 0 Å². The number of pyridine rings is 1. The molecule has 0 aliphatic heterocycles. The van der Waals surface area contributed by atoms with E-state index in [-0.39, 0.29) is 5.69 Å². The van der Waals surface area contributed by atoms with Gasteiger partial charge in [0, 0.05) is 5.39 Å². The molecule has 0 radical (unpaired) electrons. The van der Waals surface area contributed by atoms with Crippen molar-refractivity contribution in [1.82, 2.24) is 15.2 Å². The van der Waals surface area contributed by atoms with E-state index in [4.69, 9.17) is 5.73 Å². The van der Waals surface area contributed by atoms with Crippen molar-refractivity contribution < 1.29 is 4.79 Å². The maximum Gasteiger partial charge on any atom is 0.267 e. The van der Waals surface area contributed by atoms with Crippen LogP contribution in [-0.2, 0) is 0 Å². The van der Waals surface area contributed by atoms with Gasteiger partial charge in [0.1, 0.15) is 5.69 Å². The summed E-state index contributed by atoms with van der Waals surface area (Å²) in [6, 6.07) is 3.44. The molecule has 0 saturated heterocycles.